The highest BCUT2D eigenvalue weighted by Crippen LogP contribution is 2.17. The van der Waals surface area contributed by atoms with Crippen LogP contribution in [-0.4, -0.2) is 46.6 Å². The number of hydrogen-bond donors (Lipinski definition) is 4. The van der Waals surface area contributed by atoms with E-state index in [4.69, 9.17) is 15.3 Å². The largest absolute Gasteiger partial charge is 0.508 e. The van der Waals surface area contributed by atoms with Crippen molar-refractivity contribution >= 4 is 11.9 Å². The fourth-order valence-corrected chi connectivity index (χ4v) is 2.01. The zero-order chi connectivity index (χ0) is 19.7. The highest BCUT2D eigenvalue weighted by molar-refractivity contribution is 5.95. The maximum atomic E-state index is 11.1. The van der Waals surface area contributed by atoms with E-state index in [-0.39, 0.29) is 35.8 Å². The number of rotatable bonds is 4. The summed E-state index contributed by atoms with van der Waals surface area (Å²) in [5, 5.41) is 35.7. The Balaban J connectivity index is 0.000000273. The summed E-state index contributed by atoms with van der Waals surface area (Å²) in [6, 6.07) is 8.26. The summed E-state index contributed by atoms with van der Waals surface area (Å²) in [7, 11) is 2.42. The molecule has 0 heterocycles. The normalized spacial score (nSPS) is 9.69. The van der Waals surface area contributed by atoms with Gasteiger partial charge >= 0.3 is 11.9 Å². The molecular weight excluding hydrogens is 344 g/mol. The number of ether oxygens (including phenoxy) is 2. The molecule has 2 rings (SSSR count). The smallest absolute Gasteiger partial charge is 0.338 e. The van der Waals surface area contributed by atoms with Gasteiger partial charge in [0.25, 0.3) is 0 Å². The molecule has 140 valence electrons. The summed E-state index contributed by atoms with van der Waals surface area (Å²) >= 11 is 0. The van der Waals surface area contributed by atoms with Gasteiger partial charge in [-0.05, 0) is 41.5 Å². The topological polar surface area (TPSA) is 134 Å². The van der Waals surface area contributed by atoms with E-state index in [0.29, 0.717) is 11.1 Å². The standard InChI is InChI=1S/C10H10O5.C8H10O3/c1-14-9(12)6-3-7(10(13)15-2)5-8(11)4-6;9-4-6-1-7(5-10)3-8(11)2-6/h3-5,11H,1-2H3;1-3,9-11H,4-5H2. The van der Waals surface area contributed by atoms with Crippen LogP contribution < -0.4 is 0 Å². The van der Waals surface area contributed by atoms with Crippen LogP contribution in [0.3, 0.4) is 0 Å². The lowest BCUT2D eigenvalue weighted by Gasteiger charge is -2.03. The van der Waals surface area contributed by atoms with Crippen molar-refractivity contribution in [2.24, 2.45) is 0 Å². The van der Waals surface area contributed by atoms with Crippen LogP contribution in [0.15, 0.2) is 36.4 Å². The fraction of sp³-hybridized carbons (Fsp3) is 0.222. The Kier molecular flexibility index (Phi) is 8.07. The van der Waals surface area contributed by atoms with Gasteiger partial charge in [0.1, 0.15) is 11.5 Å². The van der Waals surface area contributed by atoms with Gasteiger partial charge in [-0.15, -0.1) is 0 Å². The Morgan fingerprint density at radius 1 is 0.731 bits per heavy atom. The second kappa shape index (κ2) is 10.0. The van der Waals surface area contributed by atoms with Crippen molar-refractivity contribution in [2.75, 3.05) is 14.2 Å². The zero-order valence-corrected chi connectivity index (χ0v) is 14.3. The van der Waals surface area contributed by atoms with E-state index in [9.17, 15) is 14.7 Å². The van der Waals surface area contributed by atoms with E-state index in [0.717, 1.165) is 0 Å². The number of esters is 2. The van der Waals surface area contributed by atoms with Crippen molar-refractivity contribution in [3.63, 3.8) is 0 Å². The SMILES string of the molecule is COC(=O)c1cc(O)cc(C(=O)OC)c1.OCc1cc(O)cc(CO)c1. The fourth-order valence-electron chi connectivity index (χ4n) is 2.01. The molecule has 26 heavy (non-hydrogen) atoms. The first kappa shape index (κ1) is 20.9. The molecule has 8 heteroatoms. The molecule has 0 bridgehead atoms. The van der Waals surface area contributed by atoms with E-state index in [1.807, 2.05) is 0 Å². The quantitative estimate of drug-likeness (QED) is 0.597. The van der Waals surface area contributed by atoms with E-state index in [1.54, 1.807) is 6.07 Å². The lowest BCUT2D eigenvalue weighted by Crippen LogP contribution is -2.06. The molecule has 0 unspecified atom stereocenters. The van der Waals surface area contributed by atoms with Crippen molar-refractivity contribution < 1.29 is 39.5 Å². The van der Waals surface area contributed by atoms with Gasteiger partial charge in [0.05, 0.1) is 38.6 Å². The van der Waals surface area contributed by atoms with Gasteiger partial charge < -0.3 is 29.9 Å². The number of aromatic hydroxyl groups is 2. The highest BCUT2D eigenvalue weighted by atomic mass is 16.5. The lowest BCUT2D eigenvalue weighted by molar-refractivity contribution is 0.0598. The summed E-state index contributed by atoms with van der Waals surface area (Å²) in [5.41, 5.74) is 1.40. The van der Waals surface area contributed by atoms with Crippen LogP contribution in [0.1, 0.15) is 31.8 Å². The van der Waals surface area contributed by atoms with Crippen LogP contribution in [0, 0.1) is 0 Å². The molecule has 0 radical (unpaired) electrons. The first-order valence-electron chi connectivity index (χ1n) is 7.38. The van der Waals surface area contributed by atoms with Gasteiger partial charge in [-0.2, -0.15) is 0 Å². The maximum absolute atomic E-state index is 11.1. The number of hydrogen-bond acceptors (Lipinski definition) is 8. The van der Waals surface area contributed by atoms with Crippen LogP contribution in [0.5, 0.6) is 11.5 Å². The van der Waals surface area contributed by atoms with Crippen LogP contribution in [0.4, 0.5) is 0 Å². The van der Waals surface area contributed by atoms with Gasteiger partial charge in [-0.25, -0.2) is 9.59 Å². The number of aliphatic hydroxyl groups is 2. The van der Waals surface area contributed by atoms with Crippen LogP contribution in [0.2, 0.25) is 0 Å². The Morgan fingerprint density at radius 2 is 1.12 bits per heavy atom. The summed E-state index contributed by atoms with van der Waals surface area (Å²) in [6.07, 6.45) is 0. The molecule has 2 aromatic rings. The van der Waals surface area contributed by atoms with Gasteiger partial charge in [-0.3, -0.25) is 0 Å². The third-order valence-corrected chi connectivity index (χ3v) is 3.16. The first-order valence-corrected chi connectivity index (χ1v) is 7.38. The van der Waals surface area contributed by atoms with Crippen molar-refractivity contribution in [2.45, 2.75) is 13.2 Å². The molecular formula is C18H20O8. The molecule has 0 spiro atoms. The summed E-state index contributed by atoms with van der Waals surface area (Å²) < 4.78 is 8.91. The third-order valence-electron chi connectivity index (χ3n) is 3.16. The van der Waals surface area contributed by atoms with Crippen molar-refractivity contribution in [3.05, 3.63) is 58.7 Å². The van der Waals surface area contributed by atoms with E-state index >= 15 is 0 Å². The maximum Gasteiger partial charge on any atom is 0.338 e. The number of phenols is 2. The van der Waals surface area contributed by atoms with Gasteiger partial charge in [0, 0.05) is 0 Å². The molecule has 8 nitrogen and oxygen atoms in total. The summed E-state index contributed by atoms with van der Waals surface area (Å²) in [6.45, 7) is -0.247. The Bertz CT molecular complexity index is 713. The molecule has 0 saturated carbocycles. The molecule has 0 aliphatic heterocycles. The van der Waals surface area contributed by atoms with Gasteiger partial charge in [0.2, 0.25) is 0 Å². The second-order valence-electron chi connectivity index (χ2n) is 5.08. The minimum absolute atomic E-state index is 0.0700. The molecule has 0 aliphatic rings. The summed E-state index contributed by atoms with van der Waals surface area (Å²) in [5.74, 6) is -1.38. The number of methoxy groups -OCH3 is 2. The van der Waals surface area contributed by atoms with Crippen LogP contribution in [0.25, 0.3) is 0 Å². The second-order valence-corrected chi connectivity index (χ2v) is 5.08. The van der Waals surface area contributed by atoms with Gasteiger partial charge in [0.15, 0.2) is 0 Å². The average molecular weight is 364 g/mol. The predicted molar refractivity (Wildman–Crippen MR) is 90.7 cm³/mol. The lowest BCUT2D eigenvalue weighted by atomic mass is 10.1. The third kappa shape index (κ3) is 6.08. The summed E-state index contributed by atoms with van der Waals surface area (Å²) in [4.78, 5) is 22.3. The molecule has 0 fully saturated rings. The monoisotopic (exact) mass is 364 g/mol. The molecule has 2 aromatic carbocycles. The number of carbonyl (C=O) groups is 2. The average Bonchev–Trinajstić information content (AvgIpc) is 2.65. The minimum atomic E-state index is -0.629. The molecule has 0 atom stereocenters. The molecule has 0 aliphatic carbocycles. The van der Waals surface area contributed by atoms with Crippen molar-refractivity contribution in [1.82, 2.24) is 0 Å². The predicted octanol–water partition coefficient (Wildman–Crippen LogP) is 1.34. The van der Waals surface area contributed by atoms with E-state index in [1.165, 1.54) is 44.6 Å². The van der Waals surface area contributed by atoms with Crippen molar-refractivity contribution in [1.29, 1.82) is 0 Å². The van der Waals surface area contributed by atoms with Crippen molar-refractivity contribution in [3.8, 4) is 11.5 Å². The van der Waals surface area contributed by atoms with Gasteiger partial charge in [-0.1, -0.05) is 6.07 Å². The Labute approximate surface area is 149 Å². The zero-order valence-electron chi connectivity index (χ0n) is 14.3. The number of aliphatic hydroxyl groups excluding tert-OH is 2. The molecule has 0 amide bonds. The van der Waals surface area contributed by atoms with E-state index in [2.05, 4.69) is 9.47 Å². The van der Waals surface area contributed by atoms with Crippen LogP contribution in [-0.2, 0) is 22.7 Å². The molecule has 0 aromatic heterocycles. The molecule has 0 saturated heterocycles. The first-order chi connectivity index (χ1) is 12.3. The number of phenolic OH excluding ortho intramolecular Hbond substituents is 2. The number of carbonyl (C=O) groups excluding carboxylic acids is 2. The number of benzene rings is 2. The minimum Gasteiger partial charge on any atom is -0.508 e. The Morgan fingerprint density at radius 3 is 1.46 bits per heavy atom. The molecule has 4 N–H and O–H groups in total. The highest BCUT2D eigenvalue weighted by Gasteiger charge is 2.13. The van der Waals surface area contributed by atoms with E-state index < -0.39 is 11.9 Å². The van der Waals surface area contributed by atoms with Crippen LogP contribution >= 0.6 is 0 Å². The Hall–Kier alpha value is -3.10.